The minimum absolute atomic E-state index is 0.320. The second-order valence-corrected chi connectivity index (χ2v) is 16.7. The Morgan fingerprint density at radius 2 is 1.18 bits per heavy atom. The Hall–Kier alpha value is -2.51. The highest BCUT2D eigenvalue weighted by molar-refractivity contribution is 5.76. The monoisotopic (exact) mass is 966 g/mol. The van der Waals surface area contributed by atoms with E-state index in [1.54, 1.807) is 0 Å². The topological polar surface area (TPSA) is 462 Å². The van der Waals surface area contributed by atoms with Crippen LogP contribution in [0.3, 0.4) is 0 Å². The number of amides is 2. The molecule has 29 heteroatoms. The quantitative estimate of drug-likeness (QED) is 0.0643. The van der Waals surface area contributed by atoms with E-state index < -0.39 is 204 Å². The van der Waals surface area contributed by atoms with Crippen molar-refractivity contribution >= 4 is 17.8 Å². The molecule has 29 nitrogen and oxygen atoms in total. The van der Waals surface area contributed by atoms with Gasteiger partial charge in [-0.05, 0) is 6.92 Å². The number of aliphatic carboxylic acids is 1. The number of hydrogen-bond acceptors (Lipinski definition) is 26. The summed E-state index contributed by atoms with van der Waals surface area (Å²) in [6.45, 7) is -0.695. The molecular formula is C37H62N2O27. The van der Waals surface area contributed by atoms with Crippen molar-refractivity contribution < 1.29 is 134 Å². The summed E-state index contributed by atoms with van der Waals surface area (Å²) in [6.07, 6.45) is -42.7. The van der Waals surface area contributed by atoms with E-state index >= 15 is 0 Å². The zero-order valence-electron chi connectivity index (χ0n) is 35.7. The predicted molar refractivity (Wildman–Crippen MR) is 204 cm³/mol. The Morgan fingerprint density at radius 3 is 1.76 bits per heavy atom. The highest BCUT2D eigenvalue weighted by atomic mass is 16.8. The molecule has 5 aliphatic heterocycles. The van der Waals surface area contributed by atoms with Crippen LogP contribution in [0.25, 0.3) is 0 Å². The molecule has 0 aromatic carbocycles. The third-order valence-electron chi connectivity index (χ3n) is 11.9. The molecule has 66 heavy (non-hydrogen) atoms. The van der Waals surface area contributed by atoms with Gasteiger partial charge in [0.25, 0.3) is 5.79 Å². The molecule has 0 spiro atoms. The van der Waals surface area contributed by atoms with Gasteiger partial charge in [-0.15, -0.1) is 0 Å². The summed E-state index contributed by atoms with van der Waals surface area (Å²) >= 11 is 0. The lowest BCUT2D eigenvalue weighted by atomic mass is 9.88. The maximum Gasteiger partial charge on any atom is 0.364 e. The normalized spacial score (nSPS) is 46.5. The highest BCUT2D eigenvalue weighted by Gasteiger charge is 2.61. The Morgan fingerprint density at radius 1 is 0.636 bits per heavy atom. The van der Waals surface area contributed by atoms with Gasteiger partial charge in [-0.3, -0.25) is 9.59 Å². The number of carboxylic acid groups (broad SMARTS) is 1. The largest absolute Gasteiger partial charge is 0.477 e. The maximum absolute atomic E-state index is 13.0. The summed E-state index contributed by atoms with van der Waals surface area (Å²) in [7, 11) is 0. The van der Waals surface area contributed by atoms with Crippen molar-refractivity contribution in [2.45, 2.75) is 187 Å². The van der Waals surface area contributed by atoms with E-state index in [1.807, 2.05) is 0 Å². The Balaban J connectivity index is 1.53. The molecule has 0 unspecified atom stereocenters. The number of rotatable bonds is 17. The van der Waals surface area contributed by atoms with Crippen LogP contribution in [0.5, 0.6) is 0 Å². The number of nitrogens with one attached hydrogen (secondary N) is 2. The fourth-order valence-electron chi connectivity index (χ4n) is 8.41. The van der Waals surface area contributed by atoms with Gasteiger partial charge in [0, 0.05) is 26.7 Å². The highest BCUT2D eigenvalue weighted by Crippen LogP contribution is 2.40. The van der Waals surface area contributed by atoms with E-state index in [4.69, 9.17) is 42.6 Å². The van der Waals surface area contributed by atoms with Gasteiger partial charge in [0.05, 0.1) is 50.8 Å². The SMILES string of the molecule is CC(=O)N[C@H]1[C@H](O[C@@H]2[C@@H](O)[C@H](O)O[C@H](CO)[C@@H]2O)O[C@H](CO)[C@@H](O[C@@H]2O[C@H](CO)[C@H](O)[C@H](O[C@]3(C(=O)O)C[C@H](O)[C@@H](NC(C)=O)[C@H]([C@H](O)[C@H](O)CO)O3)[C@H]2O)[C@@H]1O[C@@H]1O[C@@H](C)[C@@H](O)C[C@@H]1O. The molecule has 5 aliphatic rings. The summed E-state index contributed by atoms with van der Waals surface area (Å²) in [6, 6.07) is -3.37. The molecule has 0 aromatic rings. The summed E-state index contributed by atoms with van der Waals surface area (Å²) in [4.78, 5) is 37.9. The molecule has 2 amide bonds. The minimum atomic E-state index is -3.17. The van der Waals surface area contributed by atoms with Crippen LogP contribution >= 0.6 is 0 Å². The molecule has 0 radical (unpaired) electrons. The zero-order chi connectivity index (χ0) is 49.1. The molecule has 5 rings (SSSR count). The van der Waals surface area contributed by atoms with Gasteiger partial charge in [-0.2, -0.15) is 0 Å². The smallest absolute Gasteiger partial charge is 0.364 e. The first kappa shape index (κ1) is 54.4. The van der Waals surface area contributed by atoms with E-state index in [2.05, 4.69) is 10.6 Å². The number of aliphatic hydroxyl groups is 14. The molecule has 5 fully saturated rings. The second-order valence-electron chi connectivity index (χ2n) is 16.7. The van der Waals surface area contributed by atoms with E-state index in [-0.39, 0.29) is 6.42 Å². The summed E-state index contributed by atoms with van der Waals surface area (Å²) in [5.74, 6) is -6.86. The second kappa shape index (κ2) is 22.9. The van der Waals surface area contributed by atoms with Crippen LogP contribution in [0.4, 0.5) is 0 Å². The van der Waals surface area contributed by atoms with Crippen LogP contribution in [-0.4, -0.2) is 274 Å². The Labute approximate surface area is 374 Å². The Bertz CT molecular complexity index is 1610. The van der Waals surface area contributed by atoms with Gasteiger partial charge in [-0.1, -0.05) is 0 Å². The molecule has 5 heterocycles. The minimum Gasteiger partial charge on any atom is -0.477 e. The lowest BCUT2D eigenvalue weighted by Crippen LogP contribution is -2.72. The lowest BCUT2D eigenvalue weighted by molar-refractivity contribution is -0.394. The third kappa shape index (κ3) is 11.7. The Kier molecular flexibility index (Phi) is 18.9. The molecule has 382 valence electrons. The fourth-order valence-corrected chi connectivity index (χ4v) is 8.41. The average molecular weight is 967 g/mol. The number of carbonyl (C=O) groups excluding carboxylic acids is 2. The van der Waals surface area contributed by atoms with E-state index in [0.717, 1.165) is 13.8 Å². The van der Waals surface area contributed by atoms with Crippen molar-refractivity contribution in [1.82, 2.24) is 10.6 Å². The predicted octanol–water partition coefficient (Wildman–Crippen LogP) is -10.4. The summed E-state index contributed by atoms with van der Waals surface area (Å²) < 4.78 is 52.0. The van der Waals surface area contributed by atoms with Gasteiger partial charge in [0.15, 0.2) is 25.2 Å². The summed E-state index contributed by atoms with van der Waals surface area (Å²) in [5, 5.41) is 164. The van der Waals surface area contributed by atoms with Gasteiger partial charge < -0.3 is 130 Å². The van der Waals surface area contributed by atoms with Crippen molar-refractivity contribution in [3.8, 4) is 0 Å². The van der Waals surface area contributed by atoms with E-state index in [9.17, 15) is 91.0 Å². The fraction of sp³-hybridized carbons (Fsp3) is 0.919. The van der Waals surface area contributed by atoms with Crippen LogP contribution in [0.1, 0.15) is 33.6 Å². The standard InChI is InChI=1S/C37H62N2O27/c1-10-13(46)4-14(47)33(58-10)63-29-21(39-12(3)45)34(64-30-23(51)17(7-41)59-32(55)25(30)53)61-19(9-43)27(29)62-35-26(54)31(24(52)18(8-42)60-35)66-37(36(56)57)5-15(48)20(38-11(2)44)28(65-37)22(50)16(49)6-40/h10,13-35,40-43,46-55H,4-9H2,1-3H3,(H,38,44)(H,39,45)(H,56,57)/t10-,13-,14-,15-,16+,17+,18+,19+,20+,21+,22+,23-,24-,25+,26+,27+,28+,29+,30-,31-,32+,33-,34-,35-,37-/m0/s1. The molecular weight excluding hydrogens is 904 g/mol. The lowest BCUT2D eigenvalue weighted by Gasteiger charge is -2.52. The first-order valence-electron chi connectivity index (χ1n) is 21.0. The van der Waals surface area contributed by atoms with E-state index in [0.29, 0.717) is 0 Å². The third-order valence-corrected chi connectivity index (χ3v) is 11.9. The van der Waals surface area contributed by atoms with Crippen LogP contribution in [-0.2, 0) is 57.0 Å². The summed E-state index contributed by atoms with van der Waals surface area (Å²) in [5.41, 5.74) is 0. The van der Waals surface area contributed by atoms with Crippen molar-refractivity contribution in [2.75, 3.05) is 26.4 Å². The first-order chi connectivity index (χ1) is 31.0. The molecule has 17 N–H and O–H groups in total. The molecule has 5 saturated heterocycles. The number of carboxylic acids is 1. The zero-order valence-corrected chi connectivity index (χ0v) is 35.7. The number of hydrogen-bond donors (Lipinski definition) is 17. The number of carbonyl (C=O) groups is 3. The van der Waals surface area contributed by atoms with Crippen LogP contribution in [0, 0.1) is 0 Å². The maximum atomic E-state index is 13.0. The van der Waals surface area contributed by atoms with Crippen molar-refractivity contribution in [3.05, 3.63) is 0 Å². The molecule has 0 aliphatic carbocycles. The van der Waals surface area contributed by atoms with Crippen molar-refractivity contribution in [2.24, 2.45) is 0 Å². The van der Waals surface area contributed by atoms with Gasteiger partial charge in [0.1, 0.15) is 97.6 Å². The molecule has 25 atom stereocenters. The van der Waals surface area contributed by atoms with Gasteiger partial charge in [-0.25, -0.2) is 4.79 Å². The molecule has 0 aromatic heterocycles. The molecule has 0 saturated carbocycles. The van der Waals surface area contributed by atoms with Crippen LogP contribution in [0.15, 0.2) is 0 Å². The number of ether oxygens (including phenoxy) is 9. The van der Waals surface area contributed by atoms with Gasteiger partial charge in [0.2, 0.25) is 11.8 Å². The van der Waals surface area contributed by atoms with Crippen LogP contribution in [0.2, 0.25) is 0 Å². The molecule has 0 bridgehead atoms. The van der Waals surface area contributed by atoms with Gasteiger partial charge >= 0.3 is 5.97 Å². The number of aliphatic hydroxyl groups excluding tert-OH is 14. The van der Waals surface area contributed by atoms with E-state index in [1.165, 1.54) is 6.92 Å². The van der Waals surface area contributed by atoms with Crippen molar-refractivity contribution in [1.29, 1.82) is 0 Å². The first-order valence-corrected chi connectivity index (χ1v) is 21.0. The van der Waals surface area contributed by atoms with Crippen molar-refractivity contribution in [3.63, 3.8) is 0 Å². The van der Waals surface area contributed by atoms with Crippen LogP contribution < -0.4 is 10.6 Å². The average Bonchev–Trinajstić information content (AvgIpc) is 3.26.